The molecule has 0 aromatic heterocycles. The van der Waals surface area contributed by atoms with Gasteiger partial charge in [0.05, 0.1) is 0 Å². The van der Waals surface area contributed by atoms with Gasteiger partial charge in [0.15, 0.2) is 0 Å². The number of anilines is 1. The zero-order valence-corrected chi connectivity index (χ0v) is 11.0. The maximum Gasteiger partial charge on any atom is 0.573 e. The van der Waals surface area contributed by atoms with E-state index in [-0.39, 0.29) is 10.9 Å². The molecular weight excluding hydrogens is 297 g/mol. The number of carbonyl (C=O) groups is 1. The minimum atomic E-state index is -4.79. The van der Waals surface area contributed by atoms with Crippen molar-refractivity contribution in [3.8, 4) is 5.75 Å². The van der Waals surface area contributed by atoms with Gasteiger partial charge in [0, 0.05) is 23.3 Å². The number of nitrogens with one attached hydrogen (secondary N) is 2. The summed E-state index contributed by atoms with van der Waals surface area (Å²) in [5, 5.41) is 5.62. The van der Waals surface area contributed by atoms with E-state index >= 15 is 0 Å². The standard InChI is InChI=1S/C12H12ClF3N2O2/c13-7-4-8(6-9(5-7)20-12(14,15)16)18-10-2-1-3-17-11(10)19/h4-6,10,18H,1-3H2,(H,17,19)/t10-/m1/s1. The van der Waals surface area contributed by atoms with Gasteiger partial charge in [-0.3, -0.25) is 4.79 Å². The summed E-state index contributed by atoms with van der Waals surface area (Å²) in [5.41, 5.74) is 0.304. The van der Waals surface area contributed by atoms with E-state index in [1.54, 1.807) is 0 Å². The Hall–Kier alpha value is -1.63. The summed E-state index contributed by atoms with van der Waals surface area (Å²) in [4.78, 5) is 11.6. The van der Waals surface area contributed by atoms with E-state index in [1.807, 2.05) is 0 Å². The molecule has 0 unspecified atom stereocenters. The fourth-order valence-electron chi connectivity index (χ4n) is 1.95. The number of carbonyl (C=O) groups excluding carboxylic acids is 1. The van der Waals surface area contributed by atoms with Crippen molar-refractivity contribution in [2.75, 3.05) is 11.9 Å². The first kappa shape index (κ1) is 14.8. The third kappa shape index (κ3) is 4.19. The molecule has 1 fully saturated rings. The maximum absolute atomic E-state index is 12.2. The summed E-state index contributed by atoms with van der Waals surface area (Å²) in [5.74, 6) is -0.613. The highest BCUT2D eigenvalue weighted by molar-refractivity contribution is 6.31. The van der Waals surface area contributed by atoms with Crippen LogP contribution in [-0.2, 0) is 4.79 Å². The van der Waals surface area contributed by atoms with Crippen LogP contribution in [0.25, 0.3) is 0 Å². The van der Waals surface area contributed by atoms with E-state index in [2.05, 4.69) is 15.4 Å². The first-order valence-corrected chi connectivity index (χ1v) is 6.32. The third-order valence-electron chi connectivity index (χ3n) is 2.73. The molecular formula is C12H12ClF3N2O2. The van der Waals surface area contributed by atoms with Crippen LogP contribution in [0.3, 0.4) is 0 Å². The Balaban J connectivity index is 2.13. The Bertz CT molecular complexity index is 508. The van der Waals surface area contributed by atoms with Crippen molar-refractivity contribution >= 4 is 23.2 Å². The number of benzene rings is 1. The van der Waals surface area contributed by atoms with Gasteiger partial charge < -0.3 is 15.4 Å². The van der Waals surface area contributed by atoms with Crippen LogP contribution in [0.5, 0.6) is 5.75 Å². The quantitative estimate of drug-likeness (QED) is 0.902. The van der Waals surface area contributed by atoms with Crippen LogP contribution >= 0.6 is 11.6 Å². The zero-order valence-electron chi connectivity index (χ0n) is 10.3. The molecule has 0 saturated carbocycles. The molecule has 1 aliphatic rings. The van der Waals surface area contributed by atoms with Crippen LogP contribution < -0.4 is 15.4 Å². The summed E-state index contributed by atoms with van der Waals surface area (Å²) in [6.07, 6.45) is -3.38. The van der Waals surface area contributed by atoms with Crippen molar-refractivity contribution in [3.05, 3.63) is 23.2 Å². The number of ether oxygens (including phenoxy) is 1. The van der Waals surface area contributed by atoms with Crippen LogP contribution in [-0.4, -0.2) is 24.9 Å². The topological polar surface area (TPSA) is 50.4 Å². The van der Waals surface area contributed by atoms with Crippen LogP contribution in [0.15, 0.2) is 18.2 Å². The Morgan fingerprint density at radius 3 is 2.75 bits per heavy atom. The average Bonchev–Trinajstić information content (AvgIpc) is 2.29. The normalized spacial score (nSPS) is 19.4. The van der Waals surface area contributed by atoms with Crippen LogP contribution in [0.2, 0.25) is 5.02 Å². The van der Waals surface area contributed by atoms with E-state index in [0.29, 0.717) is 18.7 Å². The van der Waals surface area contributed by atoms with Crippen LogP contribution in [0.1, 0.15) is 12.8 Å². The molecule has 0 aliphatic carbocycles. The first-order chi connectivity index (χ1) is 9.33. The number of halogens is 4. The van der Waals surface area contributed by atoms with E-state index in [0.717, 1.165) is 18.6 Å². The number of alkyl halides is 3. The van der Waals surface area contributed by atoms with Gasteiger partial charge in [-0.05, 0) is 25.0 Å². The number of piperidine rings is 1. The highest BCUT2D eigenvalue weighted by Gasteiger charge is 2.31. The molecule has 20 heavy (non-hydrogen) atoms. The van der Waals surface area contributed by atoms with E-state index < -0.39 is 18.2 Å². The van der Waals surface area contributed by atoms with Gasteiger partial charge in [-0.25, -0.2) is 0 Å². The van der Waals surface area contributed by atoms with E-state index in [9.17, 15) is 18.0 Å². The molecule has 2 rings (SSSR count). The van der Waals surface area contributed by atoms with Crippen molar-refractivity contribution in [2.24, 2.45) is 0 Å². The lowest BCUT2D eigenvalue weighted by molar-refractivity contribution is -0.274. The highest BCUT2D eigenvalue weighted by Crippen LogP contribution is 2.29. The average molecular weight is 309 g/mol. The van der Waals surface area contributed by atoms with Crippen molar-refractivity contribution in [2.45, 2.75) is 25.2 Å². The number of amides is 1. The lowest BCUT2D eigenvalue weighted by Gasteiger charge is -2.24. The zero-order chi connectivity index (χ0) is 14.8. The van der Waals surface area contributed by atoms with Gasteiger partial charge in [-0.15, -0.1) is 13.2 Å². The van der Waals surface area contributed by atoms with Gasteiger partial charge in [0.25, 0.3) is 0 Å². The predicted octanol–water partition coefficient (Wildman–Crippen LogP) is 2.93. The number of hydrogen-bond donors (Lipinski definition) is 2. The van der Waals surface area contributed by atoms with Crippen LogP contribution in [0, 0.1) is 0 Å². The Labute approximate surface area is 118 Å². The lowest BCUT2D eigenvalue weighted by Crippen LogP contribution is -2.44. The summed E-state index contributed by atoms with van der Waals surface area (Å²) in [6, 6.07) is 3.16. The maximum atomic E-state index is 12.2. The lowest BCUT2D eigenvalue weighted by atomic mass is 10.1. The Kier molecular flexibility index (Phi) is 4.27. The van der Waals surface area contributed by atoms with Crippen LogP contribution in [0.4, 0.5) is 18.9 Å². The molecule has 0 bridgehead atoms. The van der Waals surface area contributed by atoms with Crippen molar-refractivity contribution in [1.82, 2.24) is 5.32 Å². The first-order valence-electron chi connectivity index (χ1n) is 5.94. The summed E-state index contributed by atoms with van der Waals surface area (Å²) in [6.45, 7) is 0.606. The van der Waals surface area contributed by atoms with Gasteiger partial charge in [-0.1, -0.05) is 11.6 Å². The second kappa shape index (κ2) is 5.78. The number of rotatable bonds is 3. The molecule has 2 N–H and O–H groups in total. The molecule has 1 amide bonds. The third-order valence-corrected chi connectivity index (χ3v) is 2.95. The molecule has 1 aliphatic heterocycles. The molecule has 1 heterocycles. The SMILES string of the molecule is O=C1NCCC[C@H]1Nc1cc(Cl)cc(OC(F)(F)F)c1. The molecule has 0 spiro atoms. The van der Waals surface area contributed by atoms with Crippen molar-refractivity contribution < 1.29 is 22.7 Å². The van der Waals surface area contributed by atoms with Crippen molar-refractivity contribution in [1.29, 1.82) is 0 Å². The molecule has 1 aromatic carbocycles. The van der Waals surface area contributed by atoms with E-state index in [4.69, 9.17) is 11.6 Å². The molecule has 4 nitrogen and oxygen atoms in total. The van der Waals surface area contributed by atoms with Gasteiger partial charge in [0.1, 0.15) is 11.8 Å². The molecule has 1 saturated heterocycles. The van der Waals surface area contributed by atoms with Gasteiger partial charge >= 0.3 is 6.36 Å². The smallest absolute Gasteiger partial charge is 0.406 e. The summed E-state index contributed by atoms with van der Waals surface area (Å²) >= 11 is 5.75. The molecule has 1 aromatic rings. The monoisotopic (exact) mass is 308 g/mol. The number of hydrogen-bond acceptors (Lipinski definition) is 3. The van der Waals surface area contributed by atoms with E-state index in [1.165, 1.54) is 6.07 Å². The fourth-order valence-corrected chi connectivity index (χ4v) is 2.17. The molecule has 8 heteroatoms. The summed E-state index contributed by atoms with van der Waals surface area (Å²) < 4.78 is 40.3. The summed E-state index contributed by atoms with van der Waals surface area (Å²) in [7, 11) is 0. The second-order valence-corrected chi connectivity index (χ2v) is 4.79. The van der Waals surface area contributed by atoms with Gasteiger partial charge in [-0.2, -0.15) is 0 Å². The molecule has 1 atom stereocenters. The minimum absolute atomic E-state index is 0.0884. The minimum Gasteiger partial charge on any atom is -0.406 e. The fraction of sp³-hybridized carbons (Fsp3) is 0.417. The molecule has 110 valence electrons. The Morgan fingerprint density at radius 1 is 1.35 bits per heavy atom. The van der Waals surface area contributed by atoms with Gasteiger partial charge in [0.2, 0.25) is 5.91 Å². The molecule has 0 radical (unpaired) electrons. The van der Waals surface area contributed by atoms with Crippen molar-refractivity contribution in [3.63, 3.8) is 0 Å². The predicted molar refractivity (Wildman–Crippen MR) is 67.8 cm³/mol. The Morgan fingerprint density at radius 2 is 2.10 bits per heavy atom. The largest absolute Gasteiger partial charge is 0.573 e. The highest BCUT2D eigenvalue weighted by atomic mass is 35.5. The second-order valence-electron chi connectivity index (χ2n) is 4.35.